The molecule has 5 nitrogen and oxygen atoms in total. The maximum Gasteiger partial charge on any atom is 0.137 e. The van der Waals surface area contributed by atoms with Gasteiger partial charge >= 0.3 is 0 Å². The van der Waals surface area contributed by atoms with Crippen LogP contribution in [0.5, 0.6) is 28.7 Å². The average molecular weight is 393 g/mol. The van der Waals surface area contributed by atoms with E-state index in [9.17, 15) is 25.5 Å². The van der Waals surface area contributed by atoms with Gasteiger partial charge in [-0.05, 0) is 29.8 Å². The Labute approximate surface area is 158 Å². The van der Waals surface area contributed by atoms with Gasteiger partial charge in [-0.2, -0.15) is 0 Å². The molecule has 0 heterocycles. The Hall–Kier alpha value is -2.76. The lowest BCUT2D eigenvalue weighted by Crippen LogP contribution is -2.04. The van der Waals surface area contributed by atoms with Crippen LogP contribution in [-0.4, -0.2) is 25.5 Å². The molecule has 0 saturated carbocycles. The Morgan fingerprint density at radius 2 is 1.00 bits per heavy atom. The molecule has 0 amide bonds. The second kappa shape index (κ2) is 6.86. The van der Waals surface area contributed by atoms with Gasteiger partial charge in [-0.15, -0.1) is 0 Å². The van der Waals surface area contributed by atoms with E-state index >= 15 is 0 Å². The van der Waals surface area contributed by atoms with Crippen LogP contribution in [0.2, 0.25) is 10.0 Å². The van der Waals surface area contributed by atoms with Crippen LogP contribution in [0.3, 0.4) is 0 Å². The lowest BCUT2D eigenvalue weighted by atomic mass is 9.84. The summed E-state index contributed by atoms with van der Waals surface area (Å²) in [6.45, 7) is 0. The number of hydrogen-bond acceptors (Lipinski definition) is 5. The molecule has 3 aromatic carbocycles. The number of rotatable bonds is 3. The van der Waals surface area contributed by atoms with E-state index in [0.29, 0.717) is 16.7 Å². The molecule has 0 saturated heterocycles. The standard InChI is InChI=1S/C19H14Cl2O5/c20-13-5-11(15(23)7-17(13)25)19(9-1-3-10(22)4-2-9)12-6-14(21)18(26)8-16(12)24/h1-8,19,22-26H. The average Bonchev–Trinajstić information content (AvgIpc) is 2.58. The van der Waals surface area contributed by atoms with Crippen LogP contribution in [0.4, 0.5) is 0 Å². The van der Waals surface area contributed by atoms with Crippen molar-refractivity contribution in [2.24, 2.45) is 0 Å². The molecule has 0 aliphatic carbocycles. The molecule has 0 atom stereocenters. The highest BCUT2D eigenvalue weighted by Gasteiger charge is 2.25. The third-order valence-electron chi connectivity index (χ3n) is 4.04. The lowest BCUT2D eigenvalue weighted by molar-refractivity contribution is 0.440. The van der Waals surface area contributed by atoms with Crippen LogP contribution >= 0.6 is 23.2 Å². The van der Waals surface area contributed by atoms with Crippen LogP contribution in [-0.2, 0) is 0 Å². The number of phenols is 5. The number of benzene rings is 3. The minimum atomic E-state index is -0.730. The van der Waals surface area contributed by atoms with E-state index in [1.165, 1.54) is 24.3 Å². The summed E-state index contributed by atoms with van der Waals surface area (Å²) in [6.07, 6.45) is 0. The van der Waals surface area contributed by atoms with Crippen molar-refractivity contribution in [2.45, 2.75) is 5.92 Å². The van der Waals surface area contributed by atoms with E-state index in [1.54, 1.807) is 12.1 Å². The molecule has 3 rings (SSSR count). The largest absolute Gasteiger partial charge is 0.508 e. The SMILES string of the molecule is Oc1ccc(C(c2cc(Cl)c(O)cc2O)c2cc(Cl)c(O)cc2O)cc1. The second-order valence-electron chi connectivity index (χ2n) is 5.75. The van der Waals surface area contributed by atoms with E-state index in [4.69, 9.17) is 23.2 Å². The maximum absolute atomic E-state index is 10.3. The predicted octanol–water partition coefficient (Wildman–Crippen LogP) is 4.70. The maximum atomic E-state index is 10.3. The zero-order valence-electron chi connectivity index (χ0n) is 13.2. The van der Waals surface area contributed by atoms with Gasteiger partial charge in [0, 0.05) is 29.2 Å². The predicted molar refractivity (Wildman–Crippen MR) is 98.6 cm³/mol. The Morgan fingerprint density at radius 1 is 0.577 bits per heavy atom. The third-order valence-corrected chi connectivity index (χ3v) is 4.65. The van der Waals surface area contributed by atoms with Gasteiger partial charge < -0.3 is 25.5 Å². The number of aromatic hydroxyl groups is 5. The van der Waals surface area contributed by atoms with E-state index in [1.807, 2.05) is 0 Å². The summed E-state index contributed by atoms with van der Waals surface area (Å²) in [7, 11) is 0. The minimum absolute atomic E-state index is 0.0194. The fourth-order valence-electron chi connectivity index (χ4n) is 2.79. The first-order chi connectivity index (χ1) is 12.3. The van der Waals surface area contributed by atoms with E-state index < -0.39 is 5.92 Å². The zero-order valence-corrected chi connectivity index (χ0v) is 14.7. The normalized spacial score (nSPS) is 11.0. The van der Waals surface area contributed by atoms with Crippen molar-refractivity contribution >= 4 is 23.2 Å². The van der Waals surface area contributed by atoms with Gasteiger partial charge in [-0.1, -0.05) is 35.3 Å². The summed E-state index contributed by atoms with van der Waals surface area (Å²) >= 11 is 12.0. The van der Waals surface area contributed by atoms with Gasteiger partial charge in [0.2, 0.25) is 0 Å². The fourth-order valence-corrected chi connectivity index (χ4v) is 3.13. The van der Waals surface area contributed by atoms with Crippen molar-refractivity contribution in [3.05, 3.63) is 75.3 Å². The monoisotopic (exact) mass is 392 g/mol. The molecule has 0 fully saturated rings. The fraction of sp³-hybridized carbons (Fsp3) is 0.0526. The van der Waals surface area contributed by atoms with Crippen LogP contribution in [0.15, 0.2) is 48.5 Å². The number of hydrogen-bond donors (Lipinski definition) is 5. The van der Waals surface area contributed by atoms with E-state index in [2.05, 4.69) is 0 Å². The number of phenolic OH excluding ortho intramolecular Hbond substituents is 5. The van der Waals surface area contributed by atoms with Gasteiger partial charge in [0.1, 0.15) is 28.7 Å². The summed E-state index contributed by atoms with van der Waals surface area (Å²) in [5.74, 6) is -1.74. The summed E-state index contributed by atoms with van der Waals surface area (Å²) in [5.41, 5.74) is 1.21. The molecule has 0 aliphatic rings. The van der Waals surface area contributed by atoms with Gasteiger partial charge in [-0.3, -0.25) is 0 Å². The first kappa shape index (κ1) is 18.0. The van der Waals surface area contributed by atoms with Crippen molar-refractivity contribution < 1.29 is 25.5 Å². The molecule has 0 spiro atoms. The Balaban J connectivity index is 2.29. The van der Waals surface area contributed by atoms with Crippen LogP contribution in [0.25, 0.3) is 0 Å². The second-order valence-corrected chi connectivity index (χ2v) is 6.56. The van der Waals surface area contributed by atoms with Crippen molar-refractivity contribution in [1.29, 1.82) is 0 Å². The van der Waals surface area contributed by atoms with Gasteiger partial charge in [0.05, 0.1) is 10.0 Å². The van der Waals surface area contributed by atoms with Crippen molar-refractivity contribution in [3.63, 3.8) is 0 Å². The molecule has 0 aliphatic heterocycles. The van der Waals surface area contributed by atoms with Gasteiger partial charge in [0.25, 0.3) is 0 Å². The molecule has 0 unspecified atom stereocenters. The first-order valence-electron chi connectivity index (χ1n) is 7.49. The highest BCUT2D eigenvalue weighted by atomic mass is 35.5. The Morgan fingerprint density at radius 3 is 1.42 bits per heavy atom. The summed E-state index contributed by atoms with van der Waals surface area (Å²) < 4.78 is 0. The van der Waals surface area contributed by atoms with Crippen LogP contribution < -0.4 is 0 Å². The topological polar surface area (TPSA) is 101 Å². The molecular formula is C19H14Cl2O5. The van der Waals surface area contributed by atoms with Crippen molar-refractivity contribution in [1.82, 2.24) is 0 Å². The molecule has 0 bridgehead atoms. The van der Waals surface area contributed by atoms with Crippen LogP contribution in [0.1, 0.15) is 22.6 Å². The Kier molecular flexibility index (Phi) is 4.76. The highest BCUT2D eigenvalue weighted by molar-refractivity contribution is 6.32. The molecule has 26 heavy (non-hydrogen) atoms. The highest BCUT2D eigenvalue weighted by Crippen LogP contribution is 2.45. The third kappa shape index (κ3) is 3.31. The Bertz CT molecular complexity index is 913. The summed E-state index contributed by atoms with van der Waals surface area (Å²) in [5, 5.41) is 49.7. The quantitative estimate of drug-likeness (QED) is 0.415. The number of halogens is 2. The van der Waals surface area contributed by atoms with Crippen LogP contribution in [0, 0.1) is 0 Å². The van der Waals surface area contributed by atoms with Crippen molar-refractivity contribution in [3.8, 4) is 28.7 Å². The molecule has 5 N–H and O–H groups in total. The summed E-state index contributed by atoms with van der Waals surface area (Å²) in [4.78, 5) is 0. The first-order valence-corrected chi connectivity index (χ1v) is 8.25. The molecule has 7 heteroatoms. The van der Waals surface area contributed by atoms with E-state index in [-0.39, 0.29) is 38.8 Å². The van der Waals surface area contributed by atoms with E-state index in [0.717, 1.165) is 12.1 Å². The van der Waals surface area contributed by atoms with Gasteiger partial charge in [-0.25, -0.2) is 0 Å². The molecule has 3 aromatic rings. The molecule has 134 valence electrons. The molecule has 0 aromatic heterocycles. The zero-order chi connectivity index (χ0) is 19.0. The minimum Gasteiger partial charge on any atom is -0.508 e. The molecular weight excluding hydrogens is 379 g/mol. The summed E-state index contributed by atoms with van der Waals surface area (Å²) in [6, 6.07) is 11.1. The molecule has 0 radical (unpaired) electrons. The van der Waals surface area contributed by atoms with Gasteiger partial charge in [0.15, 0.2) is 0 Å². The smallest absolute Gasteiger partial charge is 0.137 e. The lowest BCUT2D eigenvalue weighted by Gasteiger charge is -2.22. The van der Waals surface area contributed by atoms with Crippen molar-refractivity contribution in [2.75, 3.05) is 0 Å².